The van der Waals surface area contributed by atoms with Gasteiger partial charge in [0, 0.05) is 12.3 Å². The van der Waals surface area contributed by atoms with Crippen LogP contribution in [0.15, 0.2) is 30.5 Å². The van der Waals surface area contributed by atoms with Crippen molar-refractivity contribution in [2.75, 3.05) is 19.5 Å². The molecule has 3 rings (SSSR count). The van der Waals surface area contributed by atoms with Crippen LogP contribution in [0.3, 0.4) is 0 Å². The van der Waals surface area contributed by atoms with E-state index in [4.69, 9.17) is 9.47 Å². The van der Waals surface area contributed by atoms with E-state index in [0.29, 0.717) is 10.9 Å². The first-order chi connectivity index (χ1) is 11.1. The van der Waals surface area contributed by atoms with Gasteiger partial charge >= 0.3 is 0 Å². The Hall–Kier alpha value is -2.87. The standard InChI is InChI=1S/C15H13N3O4S/c1-21-8-3-4-9-11(7-8)23-15(17-9)18-14(20)12-13(19)10(22-2)5-6-16-12/h3-7,19H,1-2H3,(H,17,18,20). The second-order valence-electron chi connectivity index (χ2n) is 4.52. The van der Waals surface area contributed by atoms with Gasteiger partial charge < -0.3 is 14.6 Å². The molecule has 0 saturated carbocycles. The highest BCUT2D eigenvalue weighted by Crippen LogP contribution is 2.31. The average molecular weight is 331 g/mol. The molecule has 2 aromatic heterocycles. The Morgan fingerprint density at radius 2 is 2.09 bits per heavy atom. The van der Waals surface area contributed by atoms with Gasteiger partial charge in [-0.25, -0.2) is 9.97 Å². The zero-order valence-electron chi connectivity index (χ0n) is 12.4. The molecule has 118 valence electrons. The Morgan fingerprint density at radius 3 is 2.83 bits per heavy atom. The molecule has 0 atom stereocenters. The fraction of sp³-hybridized carbons (Fsp3) is 0.133. The molecule has 0 saturated heterocycles. The number of ether oxygens (including phenoxy) is 2. The van der Waals surface area contributed by atoms with Crippen molar-refractivity contribution in [1.82, 2.24) is 9.97 Å². The van der Waals surface area contributed by atoms with Gasteiger partial charge in [-0.15, -0.1) is 0 Å². The summed E-state index contributed by atoms with van der Waals surface area (Å²) in [5.41, 5.74) is 0.620. The molecule has 2 N–H and O–H groups in total. The van der Waals surface area contributed by atoms with Crippen molar-refractivity contribution in [3.63, 3.8) is 0 Å². The molecule has 2 heterocycles. The topological polar surface area (TPSA) is 93.6 Å². The summed E-state index contributed by atoms with van der Waals surface area (Å²) in [6, 6.07) is 6.91. The number of methoxy groups -OCH3 is 2. The van der Waals surface area contributed by atoms with E-state index >= 15 is 0 Å². The SMILES string of the molecule is COc1ccc2nc(NC(=O)c3nccc(OC)c3O)sc2c1. The number of nitrogens with zero attached hydrogens (tertiary/aromatic N) is 2. The highest BCUT2D eigenvalue weighted by Gasteiger charge is 2.18. The lowest BCUT2D eigenvalue weighted by Crippen LogP contribution is -2.13. The van der Waals surface area contributed by atoms with E-state index in [1.807, 2.05) is 12.1 Å². The second kappa shape index (κ2) is 6.09. The van der Waals surface area contributed by atoms with E-state index in [0.717, 1.165) is 10.2 Å². The number of thiazole rings is 1. The summed E-state index contributed by atoms with van der Waals surface area (Å²) in [6.07, 6.45) is 1.39. The van der Waals surface area contributed by atoms with Crippen LogP contribution in [0.5, 0.6) is 17.2 Å². The molecule has 8 heteroatoms. The molecule has 0 spiro atoms. The van der Waals surface area contributed by atoms with Gasteiger partial charge in [0.1, 0.15) is 5.75 Å². The highest BCUT2D eigenvalue weighted by atomic mass is 32.1. The number of benzene rings is 1. The summed E-state index contributed by atoms with van der Waals surface area (Å²) >= 11 is 1.30. The zero-order chi connectivity index (χ0) is 16.4. The van der Waals surface area contributed by atoms with Gasteiger partial charge in [-0.3, -0.25) is 10.1 Å². The lowest BCUT2D eigenvalue weighted by atomic mass is 10.3. The molecule has 3 aromatic rings. The maximum absolute atomic E-state index is 12.3. The first-order valence-electron chi connectivity index (χ1n) is 6.60. The fourth-order valence-corrected chi connectivity index (χ4v) is 2.90. The fourth-order valence-electron chi connectivity index (χ4n) is 2.01. The Morgan fingerprint density at radius 1 is 1.26 bits per heavy atom. The van der Waals surface area contributed by atoms with Crippen LogP contribution in [-0.2, 0) is 0 Å². The van der Waals surface area contributed by atoms with Crippen LogP contribution in [0.1, 0.15) is 10.5 Å². The van der Waals surface area contributed by atoms with Gasteiger partial charge in [0.2, 0.25) is 0 Å². The summed E-state index contributed by atoms with van der Waals surface area (Å²) < 4.78 is 11.0. The predicted octanol–water partition coefficient (Wildman–Crippen LogP) is 2.67. The van der Waals surface area contributed by atoms with E-state index in [1.165, 1.54) is 30.7 Å². The normalized spacial score (nSPS) is 10.5. The number of rotatable bonds is 4. The van der Waals surface area contributed by atoms with Crippen molar-refractivity contribution in [3.8, 4) is 17.2 Å². The summed E-state index contributed by atoms with van der Waals surface area (Å²) in [6.45, 7) is 0. The van der Waals surface area contributed by atoms with Crippen molar-refractivity contribution in [1.29, 1.82) is 0 Å². The minimum absolute atomic E-state index is 0.124. The molecule has 0 aliphatic heterocycles. The molecule has 7 nitrogen and oxygen atoms in total. The number of anilines is 1. The number of aromatic nitrogens is 2. The number of aromatic hydroxyl groups is 1. The van der Waals surface area contributed by atoms with Crippen LogP contribution >= 0.6 is 11.3 Å². The van der Waals surface area contributed by atoms with Gasteiger partial charge in [-0.2, -0.15) is 0 Å². The van der Waals surface area contributed by atoms with Crippen LogP contribution in [0.2, 0.25) is 0 Å². The van der Waals surface area contributed by atoms with E-state index < -0.39 is 5.91 Å². The Kier molecular flexibility index (Phi) is 3.98. The molecule has 0 radical (unpaired) electrons. The monoisotopic (exact) mass is 331 g/mol. The van der Waals surface area contributed by atoms with E-state index in [-0.39, 0.29) is 17.2 Å². The molecule has 0 aliphatic rings. The van der Waals surface area contributed by atoms with Gasteiger partial charge in [0.25, 0.3) is 5.91 Å². The number of carbonyl (C=O) groups excluding carboxylic acids is 1. The van der Waals surface area contributed by atoms with Crippen LogP contribution in [0.4, 0.5) is 5.13 Å². The molecule has 0 bridgehead atoms. The molecule has 0 fully saturated rings. The Labute approximate surface area is 135 Å². The van der Waals surface area contributed by atoms with E-state index in [1.54, 1.807) is 13.2 Å². The quantitative estimate of drug-likeness (QED) is 0.763. The van der Waals surface area contributed by atoms with E-state index in [2.05, 4.69) is 15.3 Å². The lowest BCUT2D eigenvalue weighted by Gasteiger charge is -2.06. The second-order valence-corrected chi connectivity index (χ2v) is 5.55. The third-order valence-corrected chi connectivity index (χ3v) is 4.07. The molecule has 23 heavy (non-hydrogen) atoms. The van der Waals surface area contributed by atoms with Crippen LogP contribution < -0.4 is 14.8 Å². The number of amides is 1. The van der Waals surface area contributed by atoms with Crippen molar-refractivity contribution in [2.24, 2.45) is 0 Å². The number of hydrogen-bond donors (Lipinski definition) is 2. The van der Waals surface area contributed by atoms with E-state index in [9.17, 15) is 9.90 Å². The van der Waals surface area contributed by atoms with Gasteiger partial charge in [0.05, 0.1) is 24.4 Å². The first kappa shape index (κ1) is 15.0. The highest BCUT2D eigenvalue weighted by molar-refractivity contribution is 7.22. The van der Waals surface area contributed by atoms with Crippen molar-refractivity contribution < 1.29 is 19.4 Å². The number of hydrogen-bond acceptors (Lipinski definition) is 7. The molecule has 0 aliphatic carbocycles. The number of nitrogens with one attached hydrogen (secondary N) is 1. The van der Waals surface area contributed by atoms with Crippen molar-refractivity contribution in [3.05, 3.63) is 36.2 Å². The number of fused-ring (bicyclic) bond motifs is 1. The van der Waals surface area contributed by atoms with Crippen molar-refractivity contribution in [2.45, 2.75) is 0 Å². The summed E-state index contributed by atoms with van der Waals surface area (Å²) in [4.78, 5) is 20.5. The Bertz CT molecular complexity index is 878. The largest absolute Gasteiger partial charge is 0.503 e. The molecular formula is C15H13N3O4S. The molecule has 1 amide bonds. The first-order valence-corrected chi connectivity index (χ1v) is 7.42. The predicted molar refractivity (Wildman–Crippen MR) is 86.6 cm³/mol. The average Bonchev–Trinajstić information content (AvgIpc) is 2.95. The lowest BCUT2D eigenvalue weighted by molar-refractivity contribution is 0.101. The summed E-state index contributed by atoms with van der Waals surface area (Å²) in [5, 5.41) is 13.0. The van der Waals surface area contributed by atoms with Crippen LogP contribution in [-0.4, -0.2) is 35.2 Å². The summed E-state index contributed by atoms with van der Waals surface area (Å²) in [5.74, 6) is 0.0213. The van der Waals surface area contributed by atoms with Gasteiger partial charge in [0.15, 0.2) is 22.3 Å². The Balaban J connectivity index is 1.88. The van der Waals surface area contributed by atoms with Gasteiger partial charge in [-0.05, 0) is 18.2 Å². The maximum atomic E-state index is 12.3. The zero-order valence-corrected chi connectivity index (χ0v) is 13.2. The van der Waals surface area contributed by atoms with Crippen LogP contribution in [0, 0.1) is 0 Å². The number of pyridine rings is 1. The molecule has 0 unspecified atom stereocenters. The third kappa shape index (κ3) is 2.88. The van der Waals surface area contributed by atoms with Crippen molar-refractivity contribution >= 4 is 32.6 Å². The third-order valence-electron chi connectivity index (χ3n) is 3.14. The van der Waals surface area contributed by atoms with Gasteiger partial charge in [-0.1, -0.05) is 11.3 Å². The minimum Gasteiger partial charge on any atom is -0.503 e. The number of carbonyl (C=O) groups is 1. The maximum Gasteiger partial charge on any atom is 0.280 e. The smallest absolute Gasteiger partial charge is 0.280 e. The minimum atomic E-state index is -0.563. The summed E-state index contributed by atoms with van der Waals surface area (Å²) in [7, 11) is 2.99. The van der Waals surface area contributed by atoms with Crippen LogP contribution in [0.25, 0.3) is 10.2 Å². The molecule has 1 aromatic carbocycles. The molecular weight excluding hydrogens is 318 g/mol.